The number of fused-ring (bicyclic) bond motifs is 1. The molecule has 0 aromatic heterocycles. The highest BCUT2D eigenvalue weighted by molar-refractivity contribution is 6.47. The zero-order valence-electron chi connectivity index (χ0n) is 13.9. The molecule has 1 aromatic carbocycles. The predicted molar refractivity (Wildman–Crippen MR) is 91.3 cm³/mol. The van der Waals surface area contributed by atoms with Crippen molar-refractivity contribution in [3.8, 4) is 5.75 Å². The fraction of sp³-hybridized carbons (Fsp3) is 0.500. The zero-order chi connectivity index (χ0) is 18.0. The summed E-state index contributed by atoms with van der Waals surface area (Å²) in [4.78, 5) is 25.5. The van der Waals surface area contributed by atoms with Crippen molar-refractivity contribution in [2.45, 2.75) is 31.2 Å². The van der Waals surface area contributed by atoms with Gasteiger partial charge in [-0.25, -0.2) is 4.79 Å². The molecule has 1 saturated heterocycles. The summed E-state index contributed by atoms with van der Waals surface area (Å²) in [6.07, 6.45) is 2.24. The monoisotopic (exact) mass is 347 g/mol. The van der Waals surface area contributed by atoms with Crippen LogP contribution in [0.5, 0.6) is 5.75 Å². The molecule has 2 aliphatic heterocycles. The van der Waals surface area contributed by atoms with Crippen molar-refractivity contribution < 1.29 is 24.4 Å². The van der Waals surface area contributed by atoms with Crippen molar-refractivity contribution in [2.24, 2.45) is 5.73 Å². The van der Waals surface area contributed by atoms with Crippen LogP contribution in [0, 0.1) is 0 Å². The van der Waals surface area contributed by atoms with E-state index < -0.39 is 19.0 Å². The lowest BCUT2D eigenvalue weighted by molar-refractivity contribution is -0.122. The number of aromatic carboxylic acids is 1. The molecule has 3 rings (SSSR count). The minimum Gasteiger partial charge on any atom is -0.534 e. The zero-order valence-corrected chi connectivity index (χ0v) is 13.9. The van der Waals surface area contributed by atoms with Crippen LogP contribution in [0.15, 0.2) is 18.2 Å². The van der Waals surface area contributed by atoms with Gasteiger partial charge in [-0.1, -0.05) is 12.1 Å². The van der Waals surface area contributed by atoms with Crippen LogP contribution in [0.1, 0.15) is 28.8 Å². The molecule has 5 N–H and O–H groups in total. The number of carboxylic acids is 1. The van der Waals surface area contributed by atoms with E-state index in [2.05, 4.69) is 5.32 Å². The lowest BCUT2D eigenvalue weighted by Gasteiger charge is -2.32. The third kappa shape index (κ3) is 4.12. The molecule has 0 spiro atoms. The normalized spacial score (nSPS) is 23.5. The van der Waals surface area contributed by atoms with E-state index in [0.717, 1.165) is 19.4 Å². The van der Waals surface area contributed by atoms with Gasteiger partial charge in [0.1, 0.15) is 5.75 Å². The van der Waals surface area contributed by atoms with Gasteiger partial charge in [0.2, 0.25) is 5.91 Å². The number of nitrogens with one attached hydrogen (secondary N) is 1. The van der Waals surface area contributed by atoms with E-state index >= 15 is 0 Å². The van der Waals surface area contributed by atoms with E-state index in [1.54, 1.807) is 12.1 Å². The van der Waals surface area contributed by atoms with Gasteiger partial charge in [-0.3, -0.25) is 9.69 Å². The first kappa shape index (κ1) is 17.7. The van der Waals surface area contributed by atoms with Gasteiger partial charge in [0, 0.05) is 12.6 Å². The highest BCUT2D eigenvalue weighted by atomic mass is 16.5. The topological polar surface area (TPSA) is 125 Å². The number of amides is 1. The Morgan fingerprint density at radius 1 is 1.44 bits per heavy atom. The third-order valence-corrected chi connectivity index (χ3v) is 4.61. The van der Waals surface area contributed by atoms with E-state index in [1.807, 2.05) is 4.90 Å². The summed E-state index contributed by atoms with van der Waals surface area (Å²) >= 11 is 0. The highest BCUT2D eigenvalue weighted by Gasteiger charge is 2.37. The summed E-state index contributed by atoms with van der Waals surface area (Å²) in [6, 6.07) is 4.87. The fourth-order valence-corrected chi connectivity index (χ4v) is 3.41. The largest absolute Gasteiger partial charge is 0.547 e. The second-order valence-corrected chi connectivity index (χ2v) is 6.62. The van der Waals surface area contributed by atoms with Gasteiger partial charge >= 0.3 is 13.1 Å². The summed E-state index contributed by atoms with van der Waals surface area (Å²) < 4.78 is 5.37. The van der Waals surface area contributed by atoms with Crippen LogP contribution in [0.2, 0.25) is 0 Å². The van der Waals surface area contributed by atoms with E-state index in [1.165, 1.54) is 6.07 Å². The predicted octanol–water partition coefficient (Wildman–Crippen LogP) is -0.753. The van der Waals surface area contributed by atoms with E-state index in [-0.39, 0.29) is 29.8 Å². The van der Waals surface area contributed by atoms with E-state index in [9.17, 15) is 19.7 Å². The minimum atomic E-state index is -1.29. The van der Waals surface area contributed by atoms with Gasteiger partial charge in [0.25, 0.3) is 0 Å². The van der Waals surface area contributed by atoms with Crippen LogP contribution >= 0.6 is 0 Å². The average molecular weight is 347 g/mol. The Hall–Kier alpha value is -2.10. The van der Waals surface area contributed by atoms with E-state index in [4.69, 9.17) is 10.4 Å². The number of nitrogens with two attached hydrogens (primary N) is 1. The maximum Gasteiger partial charge on any atom is 0.547 e. The Balaban J connectivity index is 1.63. The van der Waals surface area contributed by atoms with E-state index in [0.29, 0.717) is 18.5 Å². The van der Waals surface area contributed by atoms with Crippen LogP contribution in [0.3, 0.4) is 0 Å². The Morgan fingerprint density at radius 3 is 2.96 bits per heavy atom. The van der Waals surface area contributed by atoms with Crippen LogP contribution in [-0.2, 0) is 11.2 Å². The molecule has 2 atom stereocenters. The number of carboxylic acid groups (broad SMARTS) is 1. The lowest BCUT2D eigenvalue weighted by Crippen LogP contribution is -2.55. The number of rotatable bonds is 4. The lowest BCUT2D eigenvalue weighted by atomic mass is 9.72. The Kier molecular flexibility index (Phi) is 5.26. The van der Waals surface area contributed by atoms with Crippen molar-refractivity contribution >= 4 is 19.0 Å². The van der Waals surface area contributed by atoms with Crippen molar-refractivity contribution in [3.63, 3.8) is 0 Å². The number of likely N-dealkylation sites (tertiary alicyclic amines) is 1. The van der Waals surface area contributed by atoms with Gasteiger partial charge in [0.05, 0.1) is 18.0 Å². The Bertz CT molecular complexity index is 671. The van der Waals surface area contributed by atoms with Gasteiger partial charge in [-0.2, -0.15) is 0 Å². The first-order valence-corrected chi connectivity index (χ1v) is 8.41. The average Bonchev–Trinajstić information content (AvgIpc) is 2.54. The molecule has 0 saturated carbocycles. The summed E-state index contributed by atoms with van der Waals surface area (Å²) in [5.74, 6) is -1.79. The molecule has 0 aliphatic carbocycles. The number of hydrogen-bond donors (Lipinski definition) is 4. The number of carbonyl (C=O) groups excluding carboxylic acids is 1. The second kappa shape index (κ2) is 7.43. The molecule has 134 valence electrons. The van der Waals surface area contributed by atoms with Gasteiger partial charge in [-0.05, 0) is 37.4 Å². The number of piperidine rings is 1. The Morgan fingerprint density at radius 2 is 2.24 bits per heavy atom. The molecule has 8 nitrogen and oxygen atoms in total. The van der Waals surface area contributed by atoms with Gasteiger partial charge in [-0.15, -0.1) is 0 Å². The second-order valence-electron chi connectivity index (χ2n) is 6.62. The molecule has 25 heavy (non-hydrogen) atoms. The molecule has 2 aliphatic rings. The summed E-state index contributed by atoms with van der Waals surface area (Å²) in [5.41, 5.74) is 6.57. The number of hydrogen-bond acceptors (Lipinski definition) is 6. The summed E-state index contributed by atoms with van der Waals surface area (Å²) in [5, 5.41) is 22.1. The maximum absolute atomic E-state index is 12.3. The van der Waals surface area contributed by atoms with Crippen molar-refractivity contribution in [2.75, 3.05) is 19.6 Å². The summed E-state index contributed by atoms with van der Waals surface area (Å²) in [6.45, 7) is 1.73. The molecule has 0 bridgehead atoms. The first-order valence-electron chi connectivity index (χ1n) is 8.41. The van der Waals surface area contributed by atoms with Gasteiger partial charge < -0.3 is 25.8 Å². The van der Waals surface area contributed by atoms with Crippen molar-refractivity contribution in [1.29, 1.82) is 0 Å². The maximum atomic E-state index is 12.3. The van der Waals surface area contributed by atoms with Crippen molar-refractivity contribution in [1.82, 2.24) is 10.2 Å². The molecule has 2 heterocycles. The molecular formula is C16H22BN3O5. The summed E-state index contributed by atoms with van der Waals surface area (Å²) in [7, 11) is -1.29. The van der Waals surface area contributed by atoms with Crippen LogP contribution in [-0.4, -0.2) is 65.6 Å². The van der Waals surface area contributed by atoms with Crippen LogP contribution in [0.25, 0.3) is 0 Å². The molecule has 1 aromatic rings. The molecule has 1 fully saturated rings. The van der Waals surface area contributed by atoms with Crippen molar-refractivity contribution in [3.05, 3.63) is 29.3 Å². The number of para-hydroxylation sites is 1. The number of benzene rings is 1. The Labute approximate surface area is 146 Å². The molecule has 1 amide bonds. The first-order chi connectivity index (χ1) is 11.9. The molecule has 0 unspecified atom stereocenters. The number of carbonyl (C=O) groups is 2. The molecule has 0 radical (unpaired) electrons. The standard InChI is InChI=1S/C16H22BN3O5/c18-11-4-2-6-20(8-11)9-14(21)19-13-7-10-3-1-5-12(16(22)23)15(10)25-17(13)24/h1,3,5,11,13,24H,2,4,6-9,18H2,(H,19,21)(H,22,23)/t11-,13+/m1/s1. The van der Waals surface area contributed by atoms with Crippen LogP contribution in [0.4, 0.5) is 0 Å². The number of nitrogens with zero attached hydrogens (tertiary/aromatic N) is 1. The molecular weight excluding hydrogens is 325 g/mol. The third-order valence-electron chi connectivity index (χ3n) is 4.61. The quantitative estimate of drug-likeness (QED) is 0.528. The highest BCUT2D eigenvalue weighted by Crippen LogP contribution is 2.30. The molecule has 9 heteroatoms. The smallest absolute Gasteiger partial charge is 0.534 e. The fourth-order valence-electron chi connectivity index (χ4n) is 3.41. The SMILES string of the molecule is N[C@@H]1CCCN(CC(=O)N[C@H]2Cc3cccc(C(=O)O)c3OB2O)C1. The van der Waals surface area contributed by atoms with Gasteiger partial charge in [0.15, 0.2) is 0 Å². The van der Waals surface area contributed by atoms with Crippen LogP contribution < -0.4 is 15.7 Å². The minimum absolute atomic E-state index is 0.00336.